The number of nitrogens with zero attached hydrogens (tertiary/aromatic N) is 1. The van der Waals surface area contributed by atoms with Gasteiger partial charge in [-0.15, -0.1) is 0 Å². The summed E-state index contributed by atoms with van der Waals surface area (Å²) in [6.07, 6.45) is 1.64. The minimum Gasteiger partial charge on any atom is -0.460 e. The largest absolute Gasteiger partial charge is 0.460 e. The van der Waals surface area contributed by atoms with Gasteiger partial charge in [0.25, 0.3) is 0 Å². The average Bonchev–Trinajstić information content (AvgIpc) is 2.03. The number of nitrogen functional groups attached to an aromatic ring is 1. The lowest BCUT2D eigenvalue weighted by molar-refractivity contribution is 0.286. The van der Waals surface area contributed by atoms with E-state index in [2.05, 4.69) is 10.3 Å². The third kappa shape index (κ3) is 2.09. The monoisotopic (exact) mass is 153 g/mol. The highest BCUT2D eigenvalue weighted by molar-refractivity contribution is 5.46. The van der Waals surface area contributed by atoms with Gasteiger partial charge in [0.15, 0.2) is 0 Å². The number of nitrogens with two attached hydrogens (primary N) is 1. The fourth-order valence-corrected chi connectivity index (χ4v) is 0.664. The van der Waals surface area contributed by atoms with Gasteiger partial charge in [-0.1, -0.05) is 0 Å². The molecule has 4 heteroatoms. The summed E-state index contributed by atoms with van der Waals surface area (Å²) in [6.45, 7) is 0.418. The van der Waals surface area contributed by atoms with E-state index in [1.165, 1.54) is 0 Å². The molecule has 1 heterocycles. The first-order chi connectivity index (χ1) is 5.34. The smallest absolute Gasteiger partial charge is 0.238 e. The van der Waals surface area contributed by atoms with Crippen LogP contribution in [0.3, 0.4) is 0 Å². The Morgan fingerprint density at radius 2 is 2.55 bits per heavy atom. The van der Waals surface area contributed by atoms with Crippen LogP contribution >= 0.6 is 0 Å². The molecule has 1 aromatic rings. The number of aromatic nitrogens is 1. The molecule has 4 nitrogen and oxygen atoms in total. The Labute approximate surface area is 65.4 Å². The Kier molecular flexibility index (Phi) is 2.68. The van der Waals surface area contributed by atoms with Gasteiger partial charge in [0.1, 0.15) is 6.73 Å². The molecule has 0 bridgehead atoms. The van der Waals surface area contributed by atoms with Crippen LogP contribution in [0.2, 0.25) is 0 Å². The van der Waals surface area contributed by atoms with Crippen LogP contribution in [0.5, 0.6) is 5.88 Å². The summed E-state index contributed by atoms with van der Waals surface area (Å²) in [4.78, 5) is 3.93. The van der Waals surface area contributed by atoms with Crippen LogP contribution < -0.4 is 15.8 Å². The Balaban J connectivity index is 2.62. The third-order valence-electron chi connectivity index (χ3n) is 1.15. The van der Waals surface area contributed by atoms with Gasteiger partial charge in [-0.25, -0.2) is 4.98 Å². The lowest BCUT2D eigenvalue weighted by Gasteiger charge is -2.04. The van der Waals surface area contributed by atoms with Crippen LogP contribution in [0, 0.1) is 0 Å². The summed E-state index contributed by atoms with van der Waals surface area (Å²) < 4.78 is 5.14. The molecule has 0 aromatic carbocycles. The highest BCUT2D eigenvalue weighted by Crippen LogP contribution is 2.14. The summed E-state index contributed by atoms with van der Waals surface area (Å²) >= 11 is 0. The van der Waals surface area contributed by atoms with Crippen LogP contribution in [-0.2, 0) is 0 Å². The Morgan fingerprint density at radius 3 is 3.18 bits per heavy atom. The van der Waals surface area contributed by atoms with Crippen molar-refractivity contribution in [3.05, 3.63) is 18.3 Å². The van der Waals surface area contributed by atoms with E-state index in [4.69, 9.17) is 10.5 Å². The topological polar surface area (TPSA) is 60.2 Å². The number of hydrogen-bond acceptors (Lipinski definition) is 4. The summed E-state index contributed by atoms with van der Waals surface area (Å²) in [5.41, 5.74) is 6.10. The van der Waals surface area contributed by atoms with Crippen molar-refractivity contribution in [2.45, 2.75) is 0 Å². The van der Waals surface area contributed by atoms with Crippen molar-refractivity contribution in [1.82, 2.24) is 10.3 Å². The first kappa shape index (κ1) is 7.81. The molecule has 60 valence electrons. The van der Waals surface area contributed by atoms with Crippen molar-refractivity contribution >= 4 is 5.69 Å². The molecule has 0 radical (unpaired) electrons. The minimum atomic E-state index is 0.418. The van der Waals surface area contributed by atoms with Gasteiger partial charge in [0.2, 0.25) is 5.88 Å². The number of pyridine rings is 1. The summed E-state index contributed by atoms with van der Waals surface area (Å²) in [5, 5.41) is 2.83. The second kappa shape index (κ2) is 3.78. The maximum Gasteiger partial charge on any atom is 0.238 e. The molecule has 0 aliphatic heterocycles. The molecule has 1 rings (SSSR count). The van der Waals surface area contributed by atoms with E-state index >= 15 is 0 Å². The normalized spacial score (nSPS) is 9.55. The van der Waals surface area contributed by atoms with Crippen molar-refractivity contribution < 1.29 is 4.74 Å². The van der Waals surface area contributed by atoms with E-state index in [0.29, 0.717) is 18.3 Å². The summed E-state index contributed by atoms with van der Waals surface area (Å²) in [7, 11) is 1.79. The average molecular weight is 153 g/mol. The first-order valence-corrected chi connectivity index (χ1v) is 3.32. The van der Waals surface area contributed by atoms with E-state index in [1.807, 2.05) is 0 Å². The van der Waals surface area contributed by atoms with Crippen molar-refractivity contribution in [2.75, 3.05) is 19.5 Å². The van der Waals surface area contributed by atoms with Gasteiger partial charge >= 0.3 is 0 Å². The second-order valence-electron chi connectivity index (χ2n) is 2.04. The van der Waals surface area contributed by atoms with Crippen LogP contribution in [0.25, 0.3) is 0 Å². The van der Waals surface area contributed by atoms with Gasteiger partial charge in [0, 0.05) is 6.20 Å². The lowest BCUT2D eigenvalue weighted by atomic mass is 10.4. The standard InChI is InChI=1S/C7H11N3O/c1-9-5-11-7-6(8)3-2-4-10-7/h2-4,9H,5,8H2,1H3. The van der Waals surface area contributed by atoms with E-state index < -0.39 is 0 Å². The molecule has 1 aromatic heterocycles. The minimum absolute atomic E-state index is 0.418. The van der Waals surface area contributed by atoms with Gasteiger partial charge in [-0.05, 0) is 19.2 Å². The molecule has 0 saturated heterocycles. The van der Waals surface area contributed by atoms with E-state index in [9.17, 15) is 0 Å². The van der Waals surface area contributed by atoms with Gasteiger partial charge < -0.3 is 10.5 Å². The molecule has 11 heavy (non-hydrogen) atoms. The van der Waals surface area contributed by atoms with Gasteiger partial charge in [-0.3, -0.25) is 5.32 Å². The zero-order valence-electron chi connectivity index (χ0n) is 6.37. The van der Waals surface area contributed by atoms with Crippen LogP contribution in [-0.4, -0.2) is 18.8 Å². The Morgan fingerprint density at radius 1 is 1.73 bits per heavy atom. The molecule has 0 fully saturated rings. The molecule has 0 aliphatic rings. The fourth-order valence-electron chi connectivity index (χ4n) is 0.664. The van der Waals surface area contributed by atoms with Gasteiger partial charge in [0.05, 0.1) is 5.69 Å². The van der Waals surface area contributed by atoms with Crippen LogP contribution in [0.1, 0.15) is 0 Å². The van der Waals surface area contributed by atoms with Crippen LogP contribution in [0.15, 0.2) is 18.3 Å². The van der Waals surface area contributed by atoms with Crippen molar-refractivity contribution in [1.29, 1.82) is 0 Å². The van der Waals surface area contributed by atoms with Crippen molar-refractivity contribution in [2.24, 2.45) is 0 Å². The van der Waals surface area contributed by atoms with E-state index in [-0.39, 0.29) is 0 Å². The van der Waals surface area contributed by atoms with Crippen molar-refractivity contribution in [3.8, 4) is 5.88 Å². The Hall–Kier alpha value is -1.29. The van der Waals surface area contributed by atoms with Crippen molar-refractivity contribution in [3.63, 3.8) is 0 Å². The molecule has 0 saturated carbocycles. The number of anilines is 1. The maximum atomic E-state index is 5.55. The molecular formula is C7H11N3O. The summed E-state index contributed by atoms with van der Waals surface area (Å²) in [5.74, 6) is 0.474. The highest BCUT2D eigenvalue weighted by Gasteiger charge is 1.97. The number of rotatable bonds is 3. The molecule has 0 spiro atoms. The second-order valence-corrected chi connectivity index (χ2v) is 2.04. The molecule has 0 unspecified atom stereocenters. The number of hydrogen-bond donors (Lipinski definition) is 2. The number of ether oxygens (including phenoxy) is 1. The molecule has 0 amide bonds. The summed E-state index contributed by atoms with van der Waals surface area (Å²) in [6, 6.07) is 3.51. The van der Waals surface area contributed by atoms with E-state index in [0.717, 1.165) is 0 Å². The molecule has 3 N–H and O–H groups in total. The Bertz CT molecular complexity index is 227. The van der Waals surface area contributed by atoms with Crippen LogP contribution in [0.4, 0.5) is 5.69 Å². The molecular weight excluding hydrogens is 142 g/mol. The fraction of sp³-hybridized carbons (Fsp3) is 0.286. The first-order valence-electron chi connectivity index (χ1n) is 3.32. The quantitative estimate of drug-likeness (QED) is 0.610. The third-order valence-corrected chi connectivity index (χ3v) is 1.15. The zero-order chi connectivity index (χ0) is 8.10. The van der Waals surface area contributed by atoms with E-state index in [1.54, 1.807) is 25.4 Å². The highest BCUT2D eigenvalue weighted by atomic mass is 16.5. The predicted octanol–water partition coefficient (Wildman–Crippen LogP) is 0.219. The number of nitrogens with one attached hydrogen (secondary N) is 1. The molecule has 0 aliphatic carbocycles. The maximum absolute atomic E-state index is 5.55. The predicted molar refractivity (Wildman–Crippen MR) is 43.2 cm³/mol. The SMILES string of the molecule is CNCOc1ncccc1N. The molecule has 0 atom stereocenters. The van der Waals surface area contributed by atoms with Gasteiger partial charge in [-0.2, -0.15) is 0 Å². The zero-order valence-corrected chi connectivity index (χ0v) is 6.37. The lowest BCUT2D eigenvalue weighted by Crippen LogP contribution is -2.15.